The van der Waals surface area contributed by atoms with E-state index in [1.54, 1.807) is 6.20 Å². The van der Waals surface area contributed by atoms with E-state index in [0.29, 0.717) is 12.2 Å². The summed E-state index contributed by atoms with van der Waals surface area (Å²) in [5.74, 6) is 0.605. The van der Waals surface area contributed by atoms with Crippen molar-refractivity contribution in [2.75, 3.05) is 5.75 Å². The molecule has 1 aromatic heterocycles. The van der Waals surface area contributed by atoms with Gasteiger partial charge in [0.15, 0.2) is 0 Å². The van der Waals surface area contributed by atoms with Gasteiger partial charge in [-0.15, -0.1) is 11.8 Å². The van der Waals surface area contributed by atoms with Crippen LogP contribution in [0.4, 0.5) is 8.78 Å². The van der Waals surface area contributed by atoms with Gasteiger partial charge in [-0.2, -0.15) is 8.78 Å². The highest BCUT2D eigenvalue weighted by Crippen LogP contribution is 2.29. The van der Waals surface area contributed by atoms with E-state index in [4.69, 9.17) is 0 Å². The first-order chi connectivity index (χ1) is 8.54. The lowest BCUT2D eigenvalue weighted by Gasteiger charge is -2.07. The lowest BCUT2D eigenvalue weighted by Crippen LogP contribution is -2.04. The lowest BCUT2D eigenvalue weighted by atomic mass is 10.3. The molecule has 0 amide bonds. The molecular weight excluding hydrogens is 322 g/mol. The minimum Gasteiger partial charge on any atom is -0.252 e. The minimum absolute atomic E-state index is 0.166. The third-order valence-corrected chi connectivity index (χ3v) is 3.66. The van der Waals surface area contributed by atoms with Crippen molar-refractivity contribution in [1.82, 2.24) is 9.97 Å². The number of hydrogen-bond acceptors (Lipinski definition) is 3. The van der Waals surface area contributed by atoms with E-state index in [1.165, 1.54) is 11.8 Å². The number of para-hydroxylation sites is 2. The number of rotatable bonds is 5. The predicted octanol–water partition coefficient (Wildman–Crippen LogP) is 4.49. The van der Waals surface area contributed by atoms with E-state index >= 15 is 0 Å². The standard InChI is InChI=1S/C12H11BrF2N2S/c13-12(14,15)6-3-7-18-11-8-16-9-4-1-2-5-10(9)17-11/h1-2,4-5,8H,3,6-7H2. The highest BCUT2D eigenvalue weighted by atomic mass is 79.9. The summed E-state index contributed by atoms with van der Waals surface area (Å²) in [6.45, 7) is 0. The summed E-state index contributed by atoms with van der Waals surface area (Å²) >= 11 is 3.78. The Bertz CT molecular complexity index is 531. The maximum absolute atomic E-state index is 12.5. The van der Waals surface area contributed by atoms with Gasteiger partial charge < -0.3 is 0 Å². The SMILES string of the molecule is FC(F)(Br)CCCSc1cnc2ccccc2n1. The van der Waals surface area contributed by atoms with Gasteiger partial charge in [-0.1, -0.05) is 12.1 Å². The molecule has 0 saturated carbocycles. The van der Waals surface area contributed by atoms with Gasteiger partial charge in [-0.25, -0.2) is 4.98 Å². The van der Waals surface area contributed by atoms with Gasteiger partial charge in [0.05, 0.1) is 17.2 Å². The lowest BCUT2D eigenvalue weighted by molar-refractivity contribution is 0.104. The summed E-state index contributed by atoms with van der Waals surface area (Å²) in [5, 5.41) is 0.770. The maximum atomic E-state index is 12.5. The van der Waals surface area contributed by atoms with Crippen LogP contribution in [-0.4, -0.2) is 20.6 Å². The molecule has 96 valence electrons. The molecular formula is C12H11BrF2N2S. The van der Waals surface area contributed by atoms with Crippen LogP contribution in [0.1, 0.15) is 12.8 Å². The highest BCUT2D eigenvalue weighted by Gasteiger charge is 2.22. The molecule has 0 aliphatic carbocycles. The van der Waals surface area contributed by atoms with Crippen LogP contribution in [0.15, 0.2) is 35.5 Å². The fourth-order valence-electron chi connectivity index (χ4n) is 1.46. The Hall–Kier alpha value is -0.750. The first-order valence-electron chi connectivity index (χ1n) is 5.46. The van der Waals surface area contributed by atoms with Crippen LogP contribution in [0.5, 0.6) is 0 Å². The molecule has 6 heteroatoms. The van der Waals surface area contributed by atoms with Gasteiger partial charge in [0.25, 0.3) is 0 Å². The largest absolute Gasteiger partial charge is 0.301 e. The van der Waals surface area contributed by atoms with Gasteiger partial charge in [0, 0.05) is 6.42 Å². The number of aromatic nitrogens is 2. The molecule has 18 heavy (non-hydrogen) atoms. The van der Waals surface area contributed by atoms with Crippen molar-refractivity contribution in [3.63, 3.8) is 0 Å². The van der Waals surface area contributed by atoms with Crippen LogP contribution in [0.2, 0.25) is 0 Å². The molecule has 2 rings (SSSR count). The predicted molar refractivity (Wildman–Crippen MR) is 73.4 cm³/mol. The third-order valence-electron chi connectivity index (χ3n) is 2.28. The molecule has 0 spiro atoms. The van der Waals surface area contributed by atoms with E-state index in [0.717, 1.165) is 16.1 Å². The first-order valence-corrected chi connectivity index (χ1v) is 7.24. The molecule has 1 aromatic carbocycles. The van der Waals surface area contributed by atoms with E-state index in [2.05, 4.69) is 25.9 Å². The molecule has 0 aliphatic heterocycles. The second-order valence-corrected chi connectivity index (χ2v) is 6.04. The summed E-state index contributed by atoms with van der Waals surface area (Å²) < 4.78 is 25.1. The molecule has 0 atom stereocenters. The Morgan fingerprint density at radius 1 is 1.22 bits per heavy atom. The number of benzene rings is 1. The second kappa shape index (κ2) is 5.93. The van der Waals surface area contributed by atoms with E-state index in [9.17, 15) is 8.78 Å². The number of fused-ring (bicyclic) bond motifs is 1. The minimum atomic E-state index is -2.76. The van der Waals surface area contributed by atoms with Crippen LogP contribution in [0.3, 0.4) is 0 Å². The number of hydrogen-bond donors (Lipinski definition) is 0. The summed E-state index contributed by atoms with van der Waals surface area (Å²) in [6, 6.07) is 7.58. The van der Waals surface area contributed by atoms with Crippen LogP contribution in [0.25, 0.3) is 11.0 Å². The molecule has 0 aliphatic rings. The first kappa shape index (κ1) is 13.7. The molecule has 0 saturated heterocycles. The average Bonchev–Trinajstić information content (AvgIpc) is 2.33. The molecule has 0 unspecified atom stereocenters. The van der Waals surface area contributed by atoms with Crippen molar-refractivity contribution in [3.8, 4) is 0 Å². The fraction of sp³-hybridized carbons (Fsp3) is 0.333. The average molecular weight is 333 g/mol. The van der Waals surface area contributed by atoms with Crippen LogP contribution >= 0.6 is 27.7 Å². The number of nitrogens with zero attached hydrogens (tertiary/aromatic N) is 2. The topological polar surface area (TPSA) is 25.8 Å². The third kappa shape index (κ3) is 4.17. The van der Waals surface area contributed by atoms with Gasteiger partial charge in [0.2, 0.25) is 0 Å². The quantitative estimate of drug-likeness (QED) is 0.458. The van der Waals surface area contributed by atoms with Crippen molar-refractivity contribution in [1.29, 1.82) is 0 Å². The zero-order valence-corrected chi connectivity index (χ0v) is 11.8. The smallest absolute Gasteiger partial charge is 0.252 e. The normalized spacial score (nSPS) is 11.9. The Morgan fingerprint density at radius 3 is 2.67 bits per heavy atom. The zero-order valence-electron chi connectivity index (χ0n) is 9.44. The molecule has 0 fully saturated rings. The van der Waals surface area contributed by atoms with Crippen LogP contribution in [0, 0.1) is 0 Å². The van der Waals surface area contributed by atoms with Gasteiger partial charge in [-0.3, -0.25) is 4.98 Å². The summed E-state index contributed by atoms with van der Waals surface area (Å²) in [7, 11) is 0. The molecule has 1 heterocycles. The summed E-state index contributed by atoms with van der Waals surface area (Å²) in [4.78, 5) is 5.92. The van der Waals surface area contributed by atoms with Gasteiger partial charge in [0.1, 0.15) is 5.03 Å². The van der Waals surface area contributed by atoms with Crippen molar-refractivity contribution in [2.24, 2.45) is 0 Å². The van der Waals surface area contributed by atoms with Crippen LogP contribution < -0.4 is 0 Å². The molecule has 2 nitrogen and oxygen atoms in total. The van der Waals surface area contributed by atoms with Gasteiger partial charge in [-0.05, 0) is 40.2 Å². The Kier molecular flexibility index (Phi) is 4.50. The number of halogens is 3. The number of thioether (sulfide) groups is 1. The van der Waals surface area contributed by atoms with E-state index in [-0.39, 0.29) is 6.42 Å². The summed E-state index contributed by atoms with van der Waals surface area (Å²) in [6.07, 6.45) is 1.94. The fourth-order valence-corrected chi connectivity index (χ4v) is 2.53. The summed E-state index contributed by atoms with van der Waals surface area (Å²) in [5.41, 5.74) is 1.67. The second-order valence-electron chi connectivity index (χ2n) is 3.76. The Morgan fingerprint density at radius 2 is 1.94 bits per heavy atom. The molecule has 0 radical (unpaired) electrons. The Labute approximate surface area is 116 Å². The maximum Gasteiger partial charge on any atom is 0.301 e. The molecule has 0 bridgehead atoms. The molecule has 0 N–H and O–H groups in total. The van der Waals surface area contributed by atoms with E-state index < -0.39 is 4.83 Å². The monoisotopic (exact) mass is 332 g/mol. The van der Waals surface area contributed by atoms with E-state index in [1.807, 2.05) is 24.3 Å². The van der Waals surface area contributed by atoms with Crippen molar-refractivity contribution in [2.45, 2.75) is 22.7 Å². The molecule has 2 aromatic rings. The Balaban J connectivity index is 1.92. The number of alkyl halides is 3. The van der Waals surface area contributed by atoms with Crippen LogP contribution in [-0.2, 0) is 0 Å². The zero-order chi connectivity index (χ0) is 13.0. The van der Waals surface area contributed by atoms with Crippen molar-refractivity contribution in [3.05, 3.63) is 30.5 Å². The highest BCUT2D eigenvalue weighted by molar-refractivity contribution is 9.09. The van der Waals surface area contributed by atoms with Crippen molar-refractivity contribution >= 4 is 38.7 Å². The van der Waals surface area contributed by atoms with Crippen molar-refractivity contribution < 1.29 is 8.78 Å². The van der Waals surface area contributed by atoms with Gasteiger partial charge >= 0.3 is 4.83 Å².